The number of esters is 1. The van der Waals surface area contributed by atoms with Crippen LogP contribution in [0.3, 0.4) is 0 Å². The molecule has 1 fully saturated rings. The highest BCUT2D eigenvalue weighted by Crippen LogP contribution is 2.29. The Hall–Kier alpha value is -2.62. The Balaban J connectivity index is 1.54. The van der Waals surface area contributed by atoms with E-state index in [2.05, 4.69) is 4.98 Å². The number of halogens is 1. The number of hydrogen-bond acceptors (Lipinski definition) is 6. The molecule has 1 aliphatic heterocycles. The summed E-state index contributed by atoms with van der Waals surface area (Å²) in [5, 5.41) is 0.565. The predicted octanol–water partition coefficient (Wildman–Crippen LogP) is 3.92. The maximum atomic E-state index is 13.3. The first-order valence-corrected chi connectivity index (χ1v) is 12.2. The van der Waals surface area contributed by atoms with E-state index in [1.807, 2.05) is 0 Å². The molecule has 0 radical (unpaired) electrons. The van der Waals surface area contributed by atoms with Crippen molar-refractivity contribution in [1.29, 1.82) is 0 Å². The van der Waals surface area contributed by atoms with Crippen molar-refractivity contribution in [1.82, 2.24) is 13.7 Å². The van der Waals surface area contributed by atoms with Crippen LogP contribution < -0.4 is 4.74 Å². The van der Waals surface area contributed by atoms with E-state index in [-0.39, 0.29) is 22.8 Å². The van der Waals surface area contributed by atoms with Crippen molar-refractivity contribution in [2.45, 2.75) is 37.2 Å². The molecule has 2 aromatic heterocycles. The van der Waals surface area contributed by atoms with Crippen LogP contribution in [0.1, 0.15) is 41.7 Å². The summed E-state index contributed by atoms with van der Waals surface area (Å²) in [5.41, 5.74) is 1.35. The normalized spacial score (nSPS) is 15.4. The third-order valence-electron chi connectivity index (χ3n) is 5.40. The molecule has 0 N–H and O–H groups in total. The molecule has 10 heteroatoms. The molecule has 32 heavy (non-hydrogen) atoms. The summed E-state index contributed by atoms with van der Waals surface area (Å²) in [6.45, 7) is 0.856. The topological polar surface area (TPSA) is 90.2 Å². The summed E-state index contributed by atoms with van der Waals surface area (Å²) < 4.78 is 40.4. The van der Waals surface area contributed by atoms with Crippen molar-refractivity contribution >= 4 is 33.2 Å². The fraction of sp³-hybridized carbons (Fsp3) is 0.364. The Morgan fingerprint density at radius 3 is 2.56 bits per heavy atom. The van der Waals surface area contributed by atoms with Crippen LogP contribution in [0.15, 0.2) is 47.6 Å². The molecule has 4 rings (SSSR count). The minimum absolute atomic E-state index is 0.0290. The Labute approximate surface area is 191 Å². The second kappa shape index (κ2) is 9.48. The number of imidazole rings is 1. The van der Waals surface area contributed by atoms with Crippen molar-refractivity contribution in [3.63, 3.8) is 0 Å². The van der Waals surface area contributed by atoms with Crippen LogP contribution in [0.4, 0.5) is 0 Å². The summed E-state index contributed by atoms with van der Waals surface area (Å²) in [6.07, 6.45) is 7.06. The quantitative estimate of drug-likeness (QED) is 0.500. The SMILES string of the molecule is COc1ccc(C(=O)OCc2cn3cc(Cl)ccc3n2)cc1S(=O)(=O)N1CCCCCC1. The number of ether oxygens (including phenoxy) is 2. The minimum atomic E-state index is -3.80. The van der Waals surface area contributed by atoms with E-state index in [1.165, 1.54) is 29.6 Å². The van der Waals surface area contributed by atoms with E-state index in [0.29, 0.717) is 29.5 Å². The zero-order valence-electron chi connectivity index (χ0n) is 17.7. The van der Waals surface area contributed by atoms with E-state index in [9.17, 15) is 13.2 Å². The molecular formula is C22H24ClN3O5S. The molecule has 170 valence electrons. The predicted molar refractivity (Wildman–Crippen MR) is 120 cm³/mol. The lowest BCUT2D eigenvalue weighted by atomic mass is 10.2. The second-order valence-electron chi connectivity index (χ2n) is 7.61. The lowest BCUT2D eigenvalue weighted by molar-refractivity contribution is 0.0468. The number of rotatable bonds is 6. The summed E-state index contributed by atoms with van der Waals surface area (Å²) in [4.78, 5) is 17.0. The van der Waals surface area contributed by atoms with Gasteiger partial charge in [-0.2, -0.15) is 4.31 Å². The first-order valence-electron chi connectivity index (χ1n) is 10.4. The smallest absolute Gasteiger partial charge is 0.338 e. The molecule has 0 amide bonds. The zero-order valence-corrected chi connectivity index (χ0v) is 19.2. The number of nitrogens with zero attached hydrogens (tertiary/aromatic N) is 3. The van der Waals surface area contributed by atoms with Crippen LogP contribution >= 0.6 is 11.6 Å². The molecule has 0 aliphatic carbocycles. The zero-order chi connectivity index (χ0) is 22.7. The molecule has 1 saturated heterocycles. The summed E-state index contributed by atoms with van der Waals surface area (Å²) in [7, 11) is -2.39. The van der Waals surface area contributed by atoms with Gasteiger partial charge in [-0.15, -0.1) is 0 Å². The highest BCUT2D eigenvalue weighted by Gasteiger charge is 2.29. The Kier molecular flexibility index (Phi) is 6.68. The van der Waals surface area contributed by atoms with Gasteiger partial charge in [-0.25, -0.2) is 18.2 Å². The number of fused-ring (bicyclic) bond motifs is 1. The van der Waals surface area contributed by atoms with Crippen LogP contribution in [-0.4, -0.2) is 48.3 Å². The van der Waals surface area contributed by atoms with E-state index < -0.39 is 16.0 Å². The first-order chi connectivity index (χ1) is 15.4. The molecule has 0 bridgehead atoms. The Morgan fingerprint density at radius 1 is 1.09 bits per heavy atom. The van der Waals surface area contributed by atoms with Gasteiger partial charge in [-0.1, -0.05) is 24.4 Å². The highest BCUT2D eigenvalue weighted by atomic mass is 35.5. The van der Waals surface area contributed by atoms with Gasteiger partial charge in [0.05, 0.1) is 23.4 Å². The largest absolute Gasteiger partial charge is 0.495 e. The van der Waals surface area contributed by atoms with E-state index in [1.54, 1.807) is 28.9 Å². The third kappa shape index (κ3) is 4.74. The lowest BCUT2D eigenvalue weighted by Crippen LogP contribution is -2.32. The summed E-state index contributed by atoms with van der Waals surface area (Å²) in [5.74, 6) is -0.446. The fourth-order valence-corrected chi connectivity index (χ4v) is 5.60. The number of benzene rings is 1. The van der Waals surface area contributed by atoms with Gasteiger partial charge in [0.15, 0.2) is 0 Å². The molecule has 8 nitrogen and oxygen atoms in total. The summed E-state index contributed by atoms with van der Waals surface area (Å²) in [6, 6.07) is 7.78. The lowest BCUT2D eigenvalue weighted by Gasteiger charge is -2.21. The molecule has 1 aromatic carbocycles. The van der Waals surface area contributed by atoms with Gasteiger partial charge in [0.2, 0.25) is 10.0 Å². The fourth-order valence-electron chi connectivity index (χ4n) is 3.74. The number of hydrogen-bond donors (Lipinski definition) is 0. The standard InChI is InChI=1S/C22H24ClN3O5S/c1-30-19-8-6-16(12-20(19)32(28,29)26-10-4-2-3-5-11-26)22(27)31-15-18-14-25-13-17(23)7-9-21(25)24-18/h6-9,12-14H,2-5,10-11,15H2,1H3. The average Bonchev–Trinajstić information content (AvgIpc) is 2.98. The van der Waals surface area contributed by atoms with Gasteiger partial charge in [0.1, 0.15) is 22.9 Å². The van der Waals surface area contributed by atoms with Crippen LogP contribution in [0.5, 0.6) is 5.75 Å². The molecule has 0 atom stereocenters. The van der Waals surface area contributed by atoms with E-state index >= 15 is 0 Å². The highest BCUT2D eigenvalue weighted by molar-refractivity contribution is 7.89. The maximum absolute atomic E-state index is 13.3. The molecule has 0 spiro atoms. The van der Waals surface area contributed by atoms with Crippen molar-refractivity contribution in [3.05, 3.63) is 59.0 Å². The number of methoxy groups -OCH3 is 1. The second-order valence-corrected chi connectivity index (χ2v) is 9.95. The van der Waals surface area contributed by atoms with Gasteiger partial charge in [0, 0.05) is 25.5 Å². The third-order valence-corrected chi connectivity index (χ3v) is 7.54. The molecule has 3 heterocycles. The monoisotopic (exact) mass is 477 g/mol. The number of sulfonamides is 1. The number of aromatic nitrogens is 2. The number of carbonyl (C=O) groups is 1. The molecule has 1 aliphatic rings. The van der Waals surface area contributed by atoms with Crippen molar-refractivity contribution in [3.8, 4) is 5.75 Å². The Bertz CT molecular complexity index is 1230. The number of pyridine rings is 1. The first kappa shape index (κ1) is 22.6. The van der Waals surface area contributed by atoms with Gasteiger partial charge >= 0.3 is 5.97 Å². The average molecular weight is 478 g/mol. The van der Waals surface area contributed by atoms with Crippen LogP contribution in [-0.2, 0) is 21.4 Å². The molecular weight excluding hydrogens is 454 g/mol. The molecule has 0 saturated carbocycles. The number of carbonyl (C=O) groups excluding carboxylic acids is 1. The van der Waals surface area contributed by atoms with E-state index in [0.717, 1.165) is 25.7 Å². The maximum Gasteiger partial charge on any atom is 0.338 e. The molecule has 0 unspecified atom stereocenters. The Morgan fingerprint density at radius 2 is 1.84 bits per heavy atom. The van der Waals surface area contributed by atoms with Gasteiger partial charge in [-0.05, 0) is 43.2 Å². The van der Waals surface area contributed by atoms with Gasteiger partial charge in [-0.3, -0.25) is 0 Å². The summed E-state index contributed by atoms with van der Waals surface area (Å²) >= 11 is 5.98. The molecule has 3 aromatic rings. The van der Waals surface area contributed by atoms with Gasteiger partial charge in [0.25, 0.3) is 0 Å². The van der Waals surface area contributed by atoms with Crippen LogP contribution in [0, 0.1) is 0 Å². The van der Waals surface area contributed by atoms with Crippen molar-refractivity contribution in [2.75, 3.05) is 20.2 Å². The van der Waals surface area contributed by atoms with Crippen LogP contribution in [0.25, 0.3) is 5.65 Å². The van der Waals surface area contributed by atoms with Crippen LogP contribution in [0.2, 0.25) is 5.02 Å². The van der Waals surface area contributed by atoms with Crippen molar-refractivity contribution < 1.29 is 22.7 Å². The minimum Gasteiger partial charge on any atom is -0.495 e. The van der Waals surface area contributed by atoms with Crippen molar-refractivity contribution in [2.24, 2.45) is 0 Å². The van der Waals surface area contributed by atoms with Gasteiger partial charge < -0.3 is 13.9 Å². The van der Waals surface area contributed by atoms with E-state index in [4.69, 9.17) is 21.1 Å².